The summed E-state index contributed by atoms with van der Waals surface area (Å²) in [6, 6.07) is 0.245. The summed E-state index contributed by atoms with van der Waals surface area (Å²) in [5.74, 6) is 0.701. The van der Waals surface area contributed by atoms with Crippen molar-refractivity contribution in [2.75, 3.05) is 7.05 Å². The smallest absolute Gasteiger partial charge is 0.235 e. The van der Waals surface area contributed by atoms with Gasteiger partial charge in [-0.3, -0.25) is 4.79 Å². The quantitative estimate of drug-likeness (QED) is 0.768. The van der Waals surface area contributed by atoms with Crippen LogP contribution in [0.4, 0.5) is 0 Å². The lowest BCUT2D eigenvalue weighted by Gasteiger charge is -2.43. The third kappa shape index (κ3) is 2.79. The zero-order valence-electron chi connectivity index (χ0n) is 11.3. The molecule has 0 bridgehead atoms. The SMILES string of the molecule is CC(C)CC(C)N(C)C(=O)C1(C(N)=S)CCC1. The average molecular weight is 256 g/mol. The Morgan fingerprint density at radius 2 is 1.94 bits per heavy atom. The van der Waals surface area contributed by atoms with Crippen LogP contribution in [0.25, 0.3) is 0 Å². The van der Waals surface area contributed by atoms with Crippen molar-refractivity contribution < 1.29 is 4.79 Å². The molecule has 1 aliphatic carbocycles. The largest absolute Gasteiger partial charge is 0.392 e. The number of rotatable bonds is 5. The third-order valence-corrected chi connectivity index (χ3v) is 4.27. The summed E-state index contributed by atoms with van der Waals surface area (Å²) in [5, 5.41) is 0. The Labute approximate surface area is 110 Å². The second kappa shape index (κ2) is 5.34. The van der Waals surface area contributed by atoms with Gasteiger partial charge in [0.2, 0.25) is 5.91 Å². The van der Waals surface area contributed by atoms with Crippen LogP contribution in [0.15, 0.2) is 0 Å². The van der Waals surface area contributed by atoms with Gasteiger partial charge in [-0.25, -0.2) is 0 Å². The minimum absolute atomic E-state index is 0.115. The molecule has 2 N–H and O–H groups in total. The molecule has 0 aromatic heterocycles. The normalized spacial score (nSPS) is 19.6. The monoisotopic (exact) mass is 256 g/mol. The van der Waals surface area contributed by atoms with Crippen molar-refractivity contribution in [3.63, 3.8) is 0 Å². The highest BCUT2D eigenvalue weighted by molar-refractivity contribution is 7.80. The molecule has 17 heavy (non-hydrogen) atoms. The Balaban J connectivity index is 2.72. The lowest BCUT2D eigenvalue weighted by atomic mass is 9.67. The number of amides is 1. The van der Waals surface area contributed by atoms with E-state index in [0.29, 0.717) is 10.9 Å². The van der Waals surface area contributed by atoms with Crippen molar-refractivity contribution >= 4 is 23.1 Å². The Morgan fingerprint density at radius 1 is 1.41 bits per heavy atom. The molecule has 1 atom stereocenters. The molecular weight excluding hydrogens is 232 g/mol. The first-order valence-corrected chi connectivity index (χ1v) is 6.79. The molecule has 1 unspecified atom stereocenters. The zero-order valence-corrected chi connectivity index (χ0v) is 12.1. The van der Waals surface area contributed by atoms with Gasteiger partial charge >= 0.3 is 0 Å². The molecule has 0 spiro atoms. The number of hydrogen-bond acceptors (Lipinski definition) is 2. The molecule has 1 rings (SSSR count). The molecule has 0 aliphatic heterocycles. The molecule has 0 aromatic carbocycles. The van der Waals surface area contributed by atoms with Crippen LogP contribution >= 0.6 is 12.2 Å². The highest BCUT2D eigenvalue weighted by atomic mass is 32.1. The Hall–Kier alpha value is -0.640. The van der Waals surface area contributed by atoms with Crippen molar-refractivity contribution in [3.05, 3.63) is 0 Å². The van der Waals surface area contributed by atoms with Gasteiger partial charge in [0.1, 0.15) is 0 Å². The predicted octanol–water partition coefficient (Wildman–Crippen LogP) is 2.34. The maximum absolute atomic E-state index is 12.5. The first-order valence-electron chi connectivity index (χ1n) is 6.38. The molecule has 1 aliphatic rings. The Bertz CT molecular complexity index is 311. The van der Waals surface area contributed by atoms with Gasteiger partial charge in [-0.15, -0.1) is 0 Å². The highest BCUT2D eigenvalue weighted by Crippen LogP contribution is 2.43. The van der Waals surface area contributed by atoms with E-state index in [4.69, 9.17) is 18.0 Å². The molecule has 1 amide bonds. The van der Waals surface area contributed by atoms with Gasteiger partial charge in [0, 0.05) is 13.1 Å². The summed E-state index contributed by atoms with van der Waals surface area (Å²) in [4.78, 5) is 14.7. The summed E-state index contributed by atoms with van der Waals surface area (Å²) >= 11 is 5.08. The number of carbonyl (C=O) groups excluding carboxylic acids is 1. The maximum atomic E-state index is 12.5. The number of thiocarbonyl (C=S) groups is 1. The molecule has 0 aromatic rings. The molecule has 3 nitrogen and oxygen atoms in total. The van der Waals surface area contributed by atoms with Crippen LogP contribution in [0.1, 0.15) is 46.5 Å². The number of carbonyl (C=O) groups is 1. The maximum Gasteiger partial charge on any atom is 0.235 e. The second-order valence-corrected chi connectivity index (χ2v) is 6.13. The number of nitrogens with zero attached hydrogens (tertiary/aromatic N) is 1. The Morgan fingerprint density at radius 3 is 2.24 bits per heavy atom. The number of hydrogen-bond donors (Lipinski definition) is 1. The van der Waals surface area contributed by atoms with Gasteiger partial charge in [0.15, 0.2) is 0 Å². The summed E-state index contributed by atoms with van der Waals surface area (Å²) in [7, 11) is 1.87. The van der Waals surface area contributed by atoms with Crippen molar-refractivity contribution in [2.24, 2.45) is 17.1 Å². The van der Waals surface area contributed by atoms with E-state index in [0.717, 1.165) is 25.7 Å². The minimum atomic E-state index is -0.532. The fourth-order valence-corrected chi connectivity index (χ4v) is 2.77. The van der Waals surface area contributed by atoms with E-state index in [-0.39, 0.29) is 11.9 Å². The molecule has 1 fully saturated rings. The zero-order chi connectivity index (χ0) is 13.2. The van der Waals surface area contributed by atoms with Crippen molar-refractivity contribution in [3.8, 4) is 0 Å². The fourth-order valence-electron chi connectivity index (χ4n) is 2.47. The molecular formula is C13H24N2OS. The van der Waals surface area contributed by atoms with Crippen LogP contribution in [-0.2, 0) is 4.79 Å². The average Bonchev–Trinajstić information content (AvgIpc) is 2.12. The van der Waals surface area contributed by atoms with Gasteiger partial charge in [-0.1, -0.05) is 32.5 Å². The van der Waals surface area contributed by atoms with Gasteiger partial charge in [-0.05, 0) is 32.1 Å². The van der Waals surface area contributed by atoms with E-state index in [1.54, 1.807) is 0 Å². The second-order valence-electron chi connectivity index (χ2n) is 5.69. The predicted molar refractivity (Wildman–Crippen MR) is 74.8 cm³/mol. The summed E-state index contributed by atoms with van der Waals surface area (Å²) in [6.07, 6.45) is 3.70. The molecule has 98 valence electrons. The molecule has 4 heteroatoms. The Kier molecular flexibility index (Phi) is 4.53. The van der Waals surface area contributed by atoms with Crippen LogP contribution in [0.2, 0.25) is 0 Å². The van der Waals surface area contributed by atoms with E-state index in [1.165, 1.54) is 0 Å². The van der Waals surface area contributed by atoms with Gasteiger partial charge < -0.3 is 10.6 Å². The first kappa shape index (κ1) is 14.4. The van der Waals surface area contributed by atoms with Gasteiger partial charge in [0.05, 0.1) is 10.4 Å². The molecule has 0 saturated heterocycles. The van der Waals surface area contributed by atoms with Gasteiger partial charge in [-0.2, -0.15) is 0 Å². The van der Waals surface area contributed by atoms with Crippen LogP contribution in [-0.4, -0.2) is 28.9 Å². The van der Waals surface area contributed by atoms with E-state index in [9.17, 15) is 4.79 Å². The summed E-state index contributed by atoms with van der Waals surface area (Å²) < 4.78 is 0. The minimum Gasteiger partial charge on any atom is -0.392 e. The lowest BCUT2D eigenvalue weighted by Crippen LogP contribution is -2.55. The van der Waals surface area contributed by atoms with E-state index in [2.05, 4.69) is 20.8 Å². The molecule has 0 heterocycles. The lowest BCUT2D eigenvalue weighted by molar-refractivity contribution is -0.142. The third-order valence-electron chi connectivity index (χ3n) is 3.88. The number of nitrogens with two attached hydrogens (primary N) is 1. The van der Waals surface area contributed by atoms with Crippen LogP contribution in [0.3, 0.4) is 0 Å². The van der Waals surface area contributed by atoms with E-state index < -0.39 is 5.41 Å². The van der Waals surface area contributed by atoms with E-state index in [1.807, 2.05) is 11.9 Å². The topological polar surface area (TPSA) is 46.3 Å². The van der Waals surface area contributed by atoms with E-state index >= 15 is 0 Å². The fraction of sp³-hybridized carbons (Fsp3) is 0.846. The standard InChI is InChI=1S/C13H24N2OS/c1-9(2)8-10(3)15(4)12(16)13(11(14)17)6-5-7-13/h9-10H,5-8H2,1-4H3,(H2,14,17). The van der Waals surface area contributed by atoms with Gasteiger partial charge in [0.25, 0.3) is 0 Å². The van der Waals surface area contributed by atoms with Crippen LogP contribution in [0, 0.1) is 11.3 Å². The van der Waals surface area contributed by atoms with Crippen molar-refractivity contribution in [1.82, 2.24) is 4.90 Å². The summed E-state index contributed by atoms with van der Waals surface area (Å²) in [5.41, 5.74) is 5.22. The van der Waals surface area contributed by atoms with Crippen molar-refractivity contribution in [2.45, 2.75) is 52.5 Å². The molecule has 1 saturated carbocycles. The first-order chi connectivity index (χ1) is 7.81. The van der Waals surface area contributed by atoms with Crippen LogP contribution in [0.5, 0.6) is 0 Å². The summed E-state index contributed by atoms with van der Waals surface area (Å²) in [6.45, 7) is 6.42. The molecule has 0 radical (unpaired) electrons. The highest BCUT2D eigenvalue weighted by Gasteiger charge is 2.48. The van der Waals surface area contributed by atoms with Crippen molar-refractivity contribution in [1.29, 1.82) is 0 Å². The van der Waals surface area contributed by atoms with Crippen LogP contribution < -0.4 is 5.73 Å².